The van der Waals surface area contributed by atoms with Gasteiger partial charge in [-0.15, -0.1) is 0 Å². The van der Waals surface area contributed by atoms with Crippen LogP contribution in [0.15, 0.2) is 10.6 Å². The second-order valence-corrected chi connectivity index (χ2v) is 5.04. The van der Waals surface area contributed by atoms with Crippen molar-refractivity contribution in [2.75, 3.05) is 13.6 Å². The summed E-state index contributed by atoms with van der Waals surface area (Å²) in [6, 6.07) is 0.925. The maximum Gasteiger partial charge on any atom is 0.211 e. The predicted molar refractivity (Wildman–Crippen MR) is 67.7 cm³/mol. The lowest BCUT2D eigenvalue weighted by molar-refractivity contribution is 0.0915. The molecule has 1 N–H and O–H groups in total. The minimum absolute atomic E-state index is 0.370. The van der Waals surface area contributed by atoms with E-state index in [1.54, 1.807) is 0 Å². The van der Waals surface area contributed by atoms with Gasteiger partial charge in [0.15, 0.2) is 0 Å². The lowest BCUT2D eigenvalue weighted by Crippen LogP contribution is -2.38. The van der Waals surface area contributed by atoms with Crippen molar-refractivity contribution >= 4 is 0 Å². The number of hydrogen-bond acceptors (Lipinski definition) is 4. The summed E-state index contributed by atoms with van der Waals surface area (Å²) in [6.45, 7) is 6.40. The number of nitrogens with zero attached hydrogens (tertiary/aromatic N) is 2. The summed E-state index contributed by atoms with van der Waals surface area (Å²) in [6.07, 6.45) is 5.58. The van der Waals surface area contributed by atoms with E-state index in [4.69, 9.17) is 4.42 Å². The Hall–Kier alpha value is -0.870. The monoisotopic (exact) mass is 237 g/mol. The van der Waals surface area contributed by atoms with Crippen LogP contribution >= 0.6 is 0 Å². The molecule has 0 saturated carbocycles. The molecule has 1 aromatic rings. The molecule has 1 unspecified atom stereocenters. The average molecular weight is 237 g/mol. The van der Waals surface area contributed by atoms with Gasteiger partial charge in [-0.05, 0) is 40.3 Å². The van der Waals surface area contributed by atoms with Gasteiger partial charge >= 0.3 is 0 Å². The molecule has 2 heterocycles. The fourth-order valence-corrected chi connectivity index (χ4v) is 2.57. The Kier molecular flexibility index (Phi) is 4.18. The van der Waals surface area contributed by atoms with E-state index in [9.17, 15) is 0 Å². The van der Waals surface area contributed by atoms with Crippen LogP contribution in [0.5, 0.6) is 0 Å². The smallest absolute Gasteiger partial charge is 0.211 e. The Morgan fingerprint density at radius 2 is 2.35 bits per heavy atom. The van der Waals surface area contributed by atoms with Crippen LogP contribution in [-0.2, 0) is 6.54 Å². The standard InChI is InChI=1S/C13H23N3O/c1-10(2)16-7-5-4-6-12(16)13-15-9-11(17-13)8-14-3/h9-10,12,14H,4-8H2,1-3H3. The number of hydrogen-bond donors (Lipinski definition) is 1. The average Bonchev–Trinajstić information content (AvgIpc) is 2.78. The highest BCUT2D eigenvalue weighted by atomic mass is 16.4. The van der Waals surface area contributed by atoms with E-state index in [-0.39, 0.29) is 0 Å². The first kappa shape index (κ1) is 12.6. The number of likely N-dealkylation sites (tertiary alicyclic amines) is 1. The van der Waals surface area contributed by atoms with E-state index in [1.807, 2.05) is 13.2 Å². The van der Waals surface area contributed by atoms with Crippen molar-refractivity contribution in [3.8, 4) is 0 Å². The maximum atomic E-state index is 5.83. The lowest BCUT2D eigenvalue weighted by atomic mass is 10.0. The molecular formula is C13H23N3O. The van der Waals surface area contributed by atoms with Gasteiger partial charge in [0.25, 0.3) is 0 Å². The molecule has 0 amide bonds. The molecule has 4 heteroatoms. The zero-order valence-electron chi connectivity index (χ0n) is 11.1. The zero-order valence-corrected chi connectivity index (χ0v) is 11.1. The fourth-order valence-electron chi connectivity index (χ4n) is 2.57. The van der Waals surface area contributed by atoms with Crippen molar-refractivity contribution in [1.29, 1.82) is 0 Å². The number of nitrogens with one attached hydrogen (secondary N) is 1. The summed E-state index contributed by atoms with van der Waals surface area (Å²) in [4.78, 5) is 6.94. The summed E-state index contributed by atoms with van der Waals surface area (Å²) in [7, 11) is 1.92. The number of rotatable bonds is 4. The summed E-state index contributed by atoms with van der Waals surface area (Å²) in [5.41, 5.74) is 0. The molecule has 0 spiro atoms. The van der Waals surface area contributed by atoms with E-state index in [0.717, 1.165) is 31.2 Å². The highest BCUT2D eigenvalue weighted by Gasteiger charge is 2.29. The molecule has 1 aliphatic heterocycles. The zero-order chi connectivity index (χ0) is 12.3. The van der Waals surface area contributed by atoms with Crippen LogP contribution in [0.3, 0.4) is 0 Å². The van der Waals surface area contributed by atoms with Gasteiger partial charge in [0, 0.05) is 6.04 Å². The first-order chi connectivity index (χ1) is 8.22. The van der Waals surface area contributed by atoms with Gasteiger partial charge in [0.1, 0.15) is 5.76 Å². The van der Waals surface area contributed by atoms with Crippen LogP contribution < -0.4 is 5.32 Å². The molecule has 1 atom stereocenters. The van der Waals surface area contributed by atoms with Crippen molar-refractivity contribution in [3.63, 3.8) is 0 Å². The minimum Gasteiger partial charge on any atom is -0.443 e. The molecule has 17 heavy (non-hydrogen) atoms. The number of aromatic nitrogens is 1. The van der Waals surface area contributed by atoms with Gasteiger partial charge in [0.05, 0.1) is 18.8 Å². The number of piperidine rings is 1. The second kappa shape index (κ2) is 5.65. The second-order valence-electron chi connectivity index (χ2n) is 5.04. The fraction of sp³-hybridized carbons (Fsp3) is 0.769. The van der Waals surface area contributed by atoms with Crippen LogP contribution in [0.25, 0.3) is 0 Å². The summed E-state index contributed by atoms with van der Waals surface area (Å²) >= 11 is 0. The molecule has 0 radical (unpaired) electrons. The molecule has 2 rings (SSSR count). The molecule has 0 aromatic carbocycles. The third-order valence-electron chi connectivity index (χ3n) is 3.42. The Bertz CT molecular complexity index is 348. The van der Waals surface area contributed by atoms with E-state index < -0.39 is 0 Å². The van der Waals surface area contributed by atoms with E-state index in [0.29, 0.717) is 12.1 Å². The third kappa shape index (κ3) is 2.87. The van der Waals surface area contributed by atoms with Gasteiger partial charge in [-0.25, -0.2) is 4.98 Å². The Morgan fingerprint density at radius 1 is 1.53 bits per heavy atom. The predicted octanol–water partition coefficient (Wildman–Crippen LogP) is 2.33. The minimum atomic E-state index is 0.370. The summed E-state index contributed by atoms with van der Waals surface area (Å²) < 4.78 is 5.83. The largest absolute Gasteiger partial charge is 0.443 e. The van der Waals surface area contributed by atoms with Crippen LogP contribution in [0, 0.1) is 0 Å². The van der Waals surface area contributed by atoms with Gasteiger partial charge in [-0.1, -0.05) is 6.42 Å². The molecular weight excluding hydrogens is 214 g/mol. The summed E-state index contributed by atoms with van der Waals surface area (Å²) in [5.74, 6) is 1.82. The first-order valence-electron chi connectivity index (χ1n) is 6.57. The van der Waals surface area contributed by atoms with Gasteiger partial charge in [-0.3, -0.25) is 4.90 Å². The van der Waals surface area contributed by atoms with Crippen molar-refractivity contribution < 1.29 is 4.42 Å². The van der Waals surface area contributed by atoms with Gasteiger partial charge in [-0.2, -0.15) is 0 Å². The van der Waals surface area contributed by atoms with Crippen LogP contribution in [0.1, 0.15) is 50.8 Å². The first-order valence-corrected chi connectivity index (χ1v) is 6.57. The Morgan fingerprint density at radius 3 is 3.06 bits per heavy atom. The Balaban J connectivity index is 2.11. The van der Waals surface area contributed by atoms with Crippen LogP contribution in [-0.4, -0.2) is 29.5 Å². The summed E-state index contributed by atoms with van der Waals surface area (Å²) in [5, 5.41) is 3.09. The lowest BCUT2D eigenvalue weighted by Gasteiger charge is -2.36. The molecule has 1 aliphatic rings. The van der Waals surface area contributed by atoms with E-state index in [2.05, 4.69) is 29.0 Å². The SMILES string of the molecule is CNCc1cnc(C2CCCCN2C(C)C)o1. The van der Waals surface area contributed by atoms with E-state index in [1.165, 1.54) is 12.8 Å². The molecule has 4 nitrogen and oxygen atoms in total. The van der Waals surface area contributed by atoms with Crippen molar-refractivity contribution in [1.82, 2.24) is 15.2 Å². The van der Waals surface area contributed by atoms with Crippen molar-refractivity contribution in [2.24, 2.45) is 0 Å². The highest BCUT2D eigenvalue weighted by Crippen LogP contribution is 2.31. The number of oxazole rings is 1. The molecule has 1 aromatic heterocycles. The Labute approximate surface area is 103 Å². The molecule has 96 valence electrons. The quantitative estimate of drug-likeness (QED) is 0.872. The third-order valence-corrected chi connectivity index (χ3v) is 3.42. The van der Waals surface area contributed by atoms with Crippen molar-refractivity contribution in [3.05, 3.63) is 17.8 Å². The van der Waals surface area contributed by atoms with Gasteiger partial charge in [0.2, 0.25) is 5.89 Å². The van der Waals surface area contributed by atoms with Crippen LogP contribution in [0.4, 0.5) is 0 Å². The maximum absolute atomic E-state index is 5.83. The molecule has 0 bridgehead atoms. The topological polar surface area (TPSA) is 41.3 Å². The molecule has 1 fully saturated rings. The van der Waals surface area contributed by atoms with Crippen molar-refractivity contribution in [2.45, 2.75) is 51.7 Å². The van der Waals surface area contributed by atoms with Crippen LogP contribution in [0.2, 0.25) is 0 Å². The normalized spacial score (nSPS) is 22.2. The van der Waals surface area contributed by atoms with Gasteiger partial charge < -0.3 is 9.73 Å². The molecule has 0 aliphatic carbocycles. The highest BCUT2D eigenvalue weighted by molar-refractivity contribution is 5.00. The molecule has 1 saturated heterocycles. The van der Waals surface area contributed by atoms with E-state index >= 15 is 0 Å².